The van der Waals surface area contributed by atoms with Crippen molar-refractivity contribution >= 4 is 16.8 Å². The summed E-state index contributed by atoms with van der Waals surface area (Å²) in [4.78, 5) is 10.7. The van der Waals surface area contributed by atoms with Crippen LogP contribution in [-0.4, -0.2) is 5.24 Å². The summed E-state index contributed by atoms with van der Waals surface area (Å²) in [6.45, 7) is 4.12. The van der Waals surface area contributed by atoms with Crippen LogP contribution in [0.3, 0.4) is 0 Å². The maximum atomic E-state index is 10.7. The van der Waals surface area contributed by atoms with Gasteiger partial charge in [-0.05, 0) is 24.4 Å². The maximum Gasteiger partial charge on any atom is 0.232 e. The monoisotopic (exact) mass is 158 g/mol. The van der Waals surface area contributed by atoms with Gasteiger partial charge in [-0.2, -0.15) is 0 Å². The van der Waals surface area contributed by atoms with Crippen molar-refractivity contribution in [3.8, 4) is 0 Å². The van der Waals surface area contributed by atoms with Crippen LogP contribution >= 0.6 is 11.6 Å². The minimum Gasteiger partial charge on any atom is -0.280 e. The molecule has 1 aliphatic carbocycles. The van der Waals surface area contributed by atoms with Crippen LogP contribution < -0.4 is 0 Å². The summed E-state index contributed by atoms with van der Waals surface area (Å²) >= 11 is 5.34. The Kier molecular flexibility index (Phi) is 2.14. The van der Waals surface area contributed by atoms with E-state index in [0.717, 1.165) is 12.8 Å². The highest BCUT2D eigenvalue weighted by Gasteiger charge is 2.37. The number of halogens is 1. The van der Waals surface area contributed by atoms with E-state index in [0.29, 0.717) is 0 Å². The van der Waals surface area contributed by atoms with Gasteiger partial charge in [-0.3, -0.25) is 4.79 Å². The van der Waals surface area contributed by atoms with E-state index in [2.05, 4.69) is 13.8 Å². The third-order valence-corrected chi connectivity index (χ3v) is 2.23. The van der Waals surface area contributed by atoms with Crippen molar-refractivity contribution < 1.29 is 4.79 Å². The van der Waals surface area contributed by atoms with Crippen molar-refractivity contribution in [2.75, 3.05) is 0 Å². The molecule has 56 valence electrons. The molecule has 0 atom stereocenters. The second kappa shape index (κ2) is 2.75. The second-order valence-corrected chi connectivity index (χ2v) is 2.87. The molecule has 0 aromatic heterocycles. The molecule has 10 heavy (non-hydrogen) atoms. The van der Waals surface area contributed by atoms with Gasteiger partial charge in [-0.25, -0.2) is 0 Å². The van der Waals surface area contributed by atoms with E-state index in [1.165, 1.54) is 11.1 Å². The first-order valence-electron chi connectivity index (χ1n) is 3.63. The third-order valence-electron chi connectivity index (χ3n) is 2.01. The molecule has 0 spiro atoms. The van der Waals surface area contributed by atoms with Gasteiger partial charge in [-0.15, -0.1) is 0 Å². The third kappa shape index (κ3) is 1.10. The van der Waals surface area contributed by atoms with E-state index in [1.807, 2.05) is 0 Å². The van der Waals surface area contributed by atoms with Gasteiger partial charge in [0.2, 0.25) is 5.24 Å². The average molecular weight is 159 g/mol. The highest BCUT2D eigenvalue weighted by atomic mass is 35.5. The molecule has 0 saturated heterocycles. The Morgan fingerprint density at radius 3 is 1.90 bits per heavy atom. The Bertz CT molecular complexity index is 179. The second-order valence-electron chi connectivity index (χ2n) is 2.49. The van der Waals surface area contributed by atoms with Crippen LogP contribution in [0, 0.1) is 5.92 Å². The van der Waals surface area contributed by atoms with Crippen molar-refractivity contribution in [3.63, 3.8) is 0 Å². The van der Waals surface area contributed by atoms with Crippen molar-refractivity contribution in [2.24, 2.45) is 5.92 Å². The van der Waals surface area contributed by atoms with Gasteiger partial charge in [0.25, 0.3) is 0 Å². The summed E-state index contributed by atoms with van der Waals surface area (Å²) in [6, 6.07) is 0. The predicted molar refractivity (Wildman–Crippen MR) is 42.0 cm³/mol. The minimum absolute atomic E-state index is 0.0247. The van der Waals surface area contributed by atoms with Crippen LogP contribution in [0.2, 0.25) is 0 Å². The molecule has 0 unspecified atom stereocenters. The number of rotatable bonds is 3. The lowest BCUT2D eigenvalue weighted by Gasteiger charge is -1.87. The molecule has 1 aliphatic rings. The lowest BCUT2D eigenvalue weighted by Crippen LogP contribution is -1.93. The standard InChI is InChI=1S/C8H11ClO/c1-3-5-6(4-2)7(5)8(9)10/h7H,3-4H2,1-2H3. The van der Waals surface area contributed by atoms with Crippen LogP contribution in [0.25, 0.3) is 0 Å². The molecular formula is C8H11ClO. The molecule has 0 bridgehead atoms. The number of hydrogen-bond donors (Lipinski definition) is 0. The molecule has 0 saturated carbocycles. The first kappa shape index (κ1) is 7.80. The number of hydrogen-bond acceptors (Lipinski definition) is 1. The summed E-state index contributed by atoms with van der Waals surface area (Å²) in [5.41, 5.74) is 2.53. The van der Waals surface area contributed by atoms with E-state index in [-0.39, 0.29) is 11.2 Å². The number of allylic oxidation sites excluding steroid dienone is 2. The van der Waals surface area contributed by atoms with E-state index in [4.69, 9.17) is 11.6 Å². The summed E-state index contributed by atoms with van der Waals surface area (Å²) < 4.78 is 0. The van der Waals surface area contributed by atoms with Gasteiger partial charge in [-0.1, -0.05) is 25.0 Å². The van der Waals surface area contributed by atoms with Crippen molar-refractivity contribution in [1.29, 1.82) is 0 Å². The maximum absolute atomic E-state index is 10.7. The molecule has 0 radical (unpaired) electrons. The molecule has 0 aromatic carbocycles. The quantitative estimate of drug-likeness (QED) is 0.456. The molecule has 1 nitrogen and oxygen atoms in total. The van der Waals surface area contributed by atoms with Gasteiger partial charge < -0.3 is 0 Å². The highest BCUT2D eigenvalue weighted by Crippen LogP contribution is 2.44. The highest BCUT2D eigenvalue weighted by molar-refractivity contribution is 6.65. The van der Waals surface area contributed by atoms with Gasteiger partial charge in [0.15, 0.2) is 0 Å². The number of carbonyl (C=O) groups excluding carboxylic acids is 1. The molecule has 0 heterocycles. The first-order valence-corrected chi connectivity index (χ1v) is 4.01. The summed E-state index contributed by atoms with van der Waals surface area (Å²) in [6.07, 6.45) is 1.96. The topological polar surface area (TPSA) is 17.1 Å². The van der Waals surface area contributed by atoms with Crippen molar-refractivity contribution in [2.45, 2.75) is 26.7 Å². The minimum atomic E-state index is -0.200. The molecule has 0 amide bonds. The molecule has 0 N–H and O–H groups in total. The van der Waals surface area contributed by atoms with Crippen LogP contribution in [-0.2, 0) is 4.79 Å². The Hall–Kier alpha value is -0.300. The summed E-state index contributed by atoms with van der Waals surface area (Å²) in [5.74, 6) is 0.0247. The first-order chi connectivity index (χ1) is 4.72. The zero-order valence-electron chi connectivity index (χ0n) is 6.28. The molecule has 2 heteroatoms. The molecule has 0 aliphatic heterocycles. The van der Waals surface area contributed by atoms with E-state index in [1.54, 1.807) is 0 Å². The van der Waals surface area contributed by atoms with Crippen LogP contribution in [0.5, 0.6) is 0 Å². The Morgan fingerprint density at radius 1 is 1.40 bits per heavy atom. The molecular weight excluding hydrogens is 148 g/mol. The van der Waals surface area contributed by atoms with E-state index >= 15 is 0 Å². The van der Waals surface area contributed by atoms with Gasteiger partial charge in [0, 0.05) is 0 Å². The van der Waals surface area contributed by atoms with E-state index < -0.39 is 0 Å². The number of carbonyl (C=O) groups is 1. The Morgan fingerprint density at radius 2 is 1.80 bits per heavy atom. The zero-order chi connectivity index (χ0) is 7.72. The van der Waals surface area contributed by atoms with Crippen molar-refractivity contribution in [1.82, 2.24) is 0 Å². The fourth-order valence-electron chi connectivity index (χ4n) is 1.45. The van der Waals surface area contributed by atoms with Gasteiger partial charge in [0.05, 0.1) is 5.92 Å². The normalized spacial score (nSPS) is 17.9. The molecule has 0 fully saturated rings. The smallest absolute Gasteiger partial charge is 0.232 e. The van der Waals surface area contributed by atoms with Crippen LogP contribution in [0.1, 0.15) is 26.7 Å². The van der Waals surface area contributed by atoms with Crippen LogP contribution in [0.4, 0.5) is 0 Å². The van der Waals surface area contributed by atoms with Gasteiger partial charge in [0.1, 0.15) is 0 Å². The lowest BCUT2D eigenvalue weighted by atomic mass is 10.2. The fraction of sp³-hybridized carbons (Fsp3) is 0.625. The SMILES string of the molecule is CCC1=C(CC)C1C(=O)Cl. The fourth-order valence-corrected chi connectivity index (χ4v) is 1.72. The molecule has 0 aromatic rings. The summed E-state index contributed by atoms with van der Waals surface area (Å²) in [7, 11) is 0. The average Bonchev–Trinajstić information content (AvgIpc) is 2.60. The summed E-state index contributed by atoms with van der Waals surface area (Å²) in [5, 5.41) is -0.200. The van der Waals surface area contributed by atoms with Crippen molar-refractivity contribution in [3.05, 3.63) is 11.1 Å². The predicted octanol–water partition coefficient (Wildman–Crippen LogP) is 2.50. The van der Waals surface area contributed by atoms with E-state index in [9.17, 15) is 4.79 Å². The molecule has 1 rings (SSSR count). The lowest BCUT2D eigenvalue weighted by molar-refractivity contribution is -0.112. The van der Waals surface area contributed by atoms with Crippen LogP contribution in [0.15, 0.2) is 11.1 Å². The van der Waals surface area contributed by atoms with Gasteiger partial charge >= 0.3 is 0 Å². The Labute approximate surface area is 66.1 Å². The largest absolute Gasteiger partial charge is 0.280 e. The Balaban J connectivity index is 2.55. The zero-order valence-corrected chi connectivity index (χ0v) is 7.03.